The number of nitrogens with two attached hydrogens (primary N) is 1. The van der Waals surface area contributed by atoms with Crippen LogP contribution in [-0.2, 0) is 4.84 Å². The van der Waals surface area contributed by atoms with E-state index in [-0.39, 0.29) is 0 Å². The van der Waals surface area contributed by atoms with Crippen LogP contribution in [0.2, 0.25) is 0 Å². The van der Waals surface area contributed by atoms with Crippen molar-refractivity contribution in [2.45, 2.75) is 31.6 Å². The number of aromatic nitrogens is 2. The molecule has 2 amide bonds. The number of amides is 2. The molecule has 1 fully saturated rings. The molecule has 0 saturated heterocycles. The predicted molar refractivity (Wildman–Crippen MR) is 62.0 cm³/mol. The first kappa shape index (κ1) is 11.9. The summed E-state index contributed by atoms with van der Waals surface area (Å²) in [6.07, 6.45) is 8.20. The molecule has 1 aromatic rings. The average Bonchev–Trinajstić information content (AvgIpc) is 2.94. The zero-order valence-corrected chi connectivity index (χ0v) is 9.69. The number of imidazole rings is 1. The van der Waals surface area contributed by atoms with E-state index >= 15 is 0 Å². The maximum absolute atomic E-state index is 10.4. The molecule has 0 aromatic carbocycles. The summed E-state index contributed by atoms with van der Waals surface area (Å²) in [7, 11) is 0. The Morgan fingerprint density at radius 3 is 3.12 bits per heavy atom. The molecule has 6 nitrogen and oxygen atoms in total. The Hall–Kier alpha value is -1.56. The highest BCUT2D eigenvalue weighted by Gasteiger charge is 2.26. The van der Waals surface area contributed by atoms with Gasteiger partial charge in [-0.05, 0) is 18.8 Å². The molecule has 0 aliphatic heterocycles. The molecule has 2 rings (SSSR count). The highest BCUT2D eigenvalue weighted by Crippen LogP contribution is 2.39. The van der Waals surface area contributed by atoms with E-state index in [1.807, 2.05) is 6.20 Å². The van der Waals surface area contributed by atoms with Crippen molar-refractivity contribution < 1.29 is 9.63 Å². The van der Waals surface area contributed by atoms with Crippen LogP contribution in [0.4, 0.5) is 4.79 Å². The van der Waals surface area contributed by atoms with Gasteiger partial charge in [0.15, 0.2) is 0 Å². The third kappa shape index (κ3) is 4.07. The lowest BCUT2D eigenvalue weighted by Gasteiger charge is -2.14. The predicted octanol–water partition coefficient (Wildman–Crippen LogP) is 1.28. The van der Waals surface area contributed by atoms with Crippen molar-refractivity contribution in [3.63, 3.8) is 0 Å². The van der Waals surface area contributed by atoms with E-state index in [1.165, 1.54) is 12.8 Å². The lowest BCUT2D eigenvalue weighted by Crippen LogP contribution is -2.30. The monoisotopic (exact) mass is 238 g/mol. The van der Waals surface area contributed by atoms with Gasteiger partial charge in [-0.15, -0.1) is 0 Å². The van der Waals surface area contributed by atoms with E-state index in [0.717, 1.165) is 24.5 Å². The number of hydroxylamine groups is 1. The van der Waals surface area contributed by atoms with E-state index in [0.29, 0.717) is 12.5 Å². The smallest absolute Gasteiger partial charge is 0.336 e. The van der Waals surface area contributed by atoms with Crippen LogP contribution in [0.3, 0.4) is 0 Å². The molecule has 1 atom stereocenters. The Morgan fingerprint density at radius 1 is 1.71 bits per heavy atom. The number of nitrogens with zero attached hydrogens (tertiary/aromatic N) is 1. The number of aromatic amines is 1. The summed E-state index contributed by atoms with van der Waals surface area (Å²) in [5.41, 5.74) is 8.17. The van der Waals surface area contributed by atoms with Crippen molar-refractivity contribution in [2.24, 2.45) is 11.7 Å². The molecule has 1 saturated carbocycles. The van der Waals surface area contributed by atoms with E-state index in [1.54, 1.807) is 6.33 Å². The number of carbonyl (C=O) groups is 1. The molecule has 17 heavy (non-hydrogen) atoms. The van der Waals surface area contributed by atoms with Gasteiger partial charge in [-0.1, -0.05) is 12.8 Å². The van der Waals surface area contributed by atoms with Crippen molar-refractivity contribution in [2.75, 3.05) is 6.61 Å². The van der Waals surface area contributed by atoms with E-state index < -0.39 is 6.03 Å². The molecule has 1 aliphatic rings. The van der Waals surface area contributed by atoms with Crippen LogP contribution in [0, 0.1) is 5.92 Å². The SMILES string of the molecule is NC(=O)NOCCC(CC1CC1)c1cnc[nH]1. The minimum Gasteiger partial charge on any atom is -0.350 e. The Morgan fingerprint density at radius 2 is 2.53 bits per heavy atom. The molecule has 0 bridgehead atoms. The lowest BCUT2D eigenvalue weighted by molar-refractivity contribution is 0.0587. The molecule has 0 radical (unpaired) electrons. The van der Waals surface area contributed by atoms with Crippen molar-refractivity contribution in [3.05, 3.63) is 18.2 Å². The maximum Gasteiger partial charge on any atom is 0.336 e. The first-order valence-electron chi connectivity index (χ1n) is 5.91. The summed E-state index contributed by atoms with van der Waals surface area (Å²) in [6.45, 7) is 0.458. The fourth-order valence-electron chi connectivity index (χ4n) is 1.97. The van der Waals surface area contributed by atoms with E-state index in [4.69, 9.17) is 10.6 Å². The first-order chi connectivity index (χ1) is 8.25. The lowest BCUT2D eigenvalue weighted by atomic mass is 9.96. The van der Waals surface area contributed by atoms with Crippen LogP contribution in [0.15, 0.2) is 12.5 Å². The normalized spacial score (nSPS) is 16.7. The molecule has 1 heterocycles. The highest BCUT2D eigenvalue weighted by atomic mass is 16.7. The second-order valence-electron chi connectivity index (χ2n) is 4.49. The molecular weight excluding hydrogens is 220 g/mol. The van der Waals surface area contributed by atoms with Gasteiger partial charge in [-0.25, -0.2) is 15.3 Å². The minimum absolute atomic E-state index is 0.416. The average molecular weight is 238 g/mol. The zero-order chi connectivity index (χ0) is 12.1. The Bertz CT molecular complexity index is 348. The number of hydrogen-bond acceptors (Lipinski definition) is 3. The molecule has 1 aromatic heterocycles. The van der Waals surface area contributed by atoms with Crippen molar-refractivity contribution in [3.8, 4) is 0 Å². The Kier molecular flexibility index (Phi) is 3.98. The van der Waals surface area contributed by atoms with Crippen LogP contribution in [0.25, 0.3) is 0 Å². The van der Waals surface area contributed by atoms with Crippen molar-refractivity contribution >= 4 is 6.03 Å². The Balaban J connectivity index is 1.77. The number of hydrogen-bond donors (Lipinski definition) is 3. The minimum atomic E-state index is -0.662. The molecular formula is C11H18N4O2. The molecule has 1 aliphatic carbocycles. The molecule has 94 valence electrons. The summed E-state index contributed by atoms with van der Waals surface area (Å²) in [4.78, 5) is 22.6. The third-order valence-corrected chi connectivity index (χ3v) is 3.02. The maximum atomic E-state index is 10.4. The van der Waals surface area contributed by atoms with Crippen molar-refractivity contribution in [1.29, 1.82) is 0 Å². The van der Waals surface area contributed by atoms with Crippen LogP contribution in [0.5, 0.6) is 0 Å². The van der Waals surface area contributed by atoms with Gasteiger partial charge in [0, 0.05) is 17.8 Å². The van der Waals surface area contributed by atoms with Gasteiger partial charge in [-0.3, -0.25) is 4.84 Å². The second-order valence-corrected chi connectivity index (χ2v) is 4.49. The largest absolute Gasteiger partial charge is 0.350 e. The molecule has 4 N–H and O–H groups in total. The second kappa shape index (κ2) is 5.67. The zero-order valence-electron chi connectivity index (χ0n) is 9.69. The molecule has 6 heteroatoms. The summed E-state index contributed by atoms with van der Waals surface area (Å²) in [6, 6.07) is -0.662. The quantitative estimate of drug-likeness (QED) is 0.493. The number of rotatable bonds is 7. The summed E-state index contributed by atoms with van der Waals surface area (Å²) < 4.78 is 0. The highest BCUT2D eigenvalue weighted by molar-refractivity contribution is 5.70. The number of H-pyrrole nitrogens is 1. The van der Waals surface area contributed by atoms with Gasteiger partial charge >= 0.3 is 6.03 Å². The third-order valence-electron chi connectivity index (χ3n) is 3.02. The van der Waals surface area contributed by atoms with Gasteiger partial charge in [-0.2, -0.15) is 0 Å². The van der Waals surface area contributed by atoms with Crippen molar-refractivity contribution in [1.82, 2.24) is 15.4 Å². The first-order valence-corrected chi connectivity index (χ1v) is 5.91. The fourth-order valence-corrected chi connectivity index (χ4v) is 1.97. The van der Waals surface area contributed by atoms with Gasteiger partial charge in [0.1, 0.15) is 0 Å². The topological polar surface area (TPSA) is 93.0 Å². The standard InChI is InChI=1S/C11H18N4O2/c12-11(16)15-17-4-3-9(5-8-1-2-8)10-6-13-7-14-10/h6-9H,1-5H2,(H,13,14)(H3,12,15,16). The van der Waals surface area contributed by atoms with Gasteiger partial charge in [0.05, 0.1) is 12.9 Å². The fraction of sp³-hybridized carbons (Fsp3) is 0.636. The summed E-state index contributed by atoms with van der Waals surface area (Å²) in [5, 5.41) is 0. The van der Waals surface area contributed by atoms with Gasteiger partial charge < -0.3 is 10.7 Å². The summed E-state index contributed by atoms with van der Waals surface area (Å²) in [5.74, 6) is 1.26. The summed E-state index contributed by atoms with van der Waals surface area (Å²) >= 11 is 0. The molecule has 1 unspecified atom stereocenters. The van der Waals surface area contributed by atoms with E-state index in [9.17, 15) is 4.79 Å². The van der Waals surface area contributed by atoms with Gasteiger partial charge in [0.25, 0.3) is 0 Å². The number of primary amides is 1. The number of urea groups is 1. The number of nitrogens with one attached hydrogen (secondary N) is 2. The molecule has 0 spiro atoms. The van der Waals surface area contributed by atoms with E-state index in [2.05, 4.69) is 15.4 Å². The number of carbonyl (C=O) groups excluding carboxylic acids is 1. The van der Waals surface area contributed by atoms with Crippen LogP contribution in [0.1, 0.15) is 37.3 Å². The van der Waals surface area contributed by atoms with Gasteiger partial charge in [0.2, 0.25) is 0 Å². The Labute approximate surface area is 99.9 Å². The van der Waals surface area contributed by atoms with Crippen LogP contribution >= 0.6 is 0 Å². The van der Waals surface area contributed by atoms with Crippen LogP contribution < -0.4 is 11.2 Å². The van der Waals surface area contributed by atoms with Crippen LogP contribution in [-0.4, -0.2) is 22.6 Å².